The molecule has 0 saturated heterocycles. The average Bonchev–Trinajstić information content (AvgIpc) is 1.33. The maximum Gasteiger partial charge on any atom is 0.325 e. The van der Waals surface area contributed by atoms with Crippen LogP contribution in [0.25, 0.3) is 10.9 Å². The van der Waals surface area contributed by atoms with E-state index in [0.717, 1.165) is 0 Å². The number of carboxylic acids is 2. The molecule has 3 rings (SSSR count). The molecule has 3 aromatic rings. The molecule has 109 heavy (non-hydrogen) atoms. The van der Waals surface area contributed by atoms with E-state index < -0.39 is 217 Å². The van der Waals surface area contributed by atoms with Gasteiger partial charge >= 0.3 is 11.9 Å². The molecule has 0 unspecified atom stereocenters. The second kappa shape index (κ2) is 47.5. The Hall–Kier alpha value is -10.2. The Labute approximate surface area is 632 Å². The van der Waals surface area contributed by atoms with Crippen LogP contribution in [0.3, 0.4) is 0 Å². The molecule has 0 fully saturated rings. The topological polar surface area (TPSA) is 639 Å². The van der Waals surface area contributed by atoms with Gasteiger partial charge in [0.05, 0.1) is 19.3 Å². The first-order valence-electron chi connectivity index (χ1n) is 36.4. The van der Waals surface area contributed by atoms with E-state index in [-0.39, 0.29) is 71.1 Å². The number of aliphatic carboxylic acids is 2. The summed E-state index contributed by atoms with van der Waals surface area (Å²) in [6, 6.07) is -5.68. The van der Waals surface area contributed by atoms with Gasteiger partial charge in [0, 0.05) is 36.4 Å². The second-order valence-electron chi connectivity index (χ2n) is 27.3. The number of carbonyl (C=O) groups excluding carboxylic acids is 13. The molecule has 606 valence electrons. The van der Waals surface area contributed by atoms with Crippen molar-refractivity contribution < 1.29 is 92.3 Å². The molecule has 0 bridgehead atoms. The summed E-state index contributed by atoms with van der Waals surface area (Å²) in [5.41, 5.74) is 30.7. The Bertz CT molecular complexity index is 3540. The minimum absolute atomic E-state index is 0.0640. The standard InChI is InChI=1S/C71H113N19O19/c1-9-38(6)57(70(107)78-40(8)71(108)109)90-69(106)56(37(4)5)89-63(100)46(22-23-54(93)94)80-64(101)50(31-41-17-11-10-12-18-41)84-62(99)48(25-29-74)81-60(97)47(24-28-73)82-66(103)52(34-91)87-65(102)51(32-42-33-77-44-20-14-13-19-43(42)44)85-67(104)53(35-92)86-59(96)45(21-15-16-27-72)79-61(98)49(26-30-75)83-68(105)55(36(2)3)88-58(95)39(7)76/h10-14,17-20,33,36-40,45-53,55-57,77,91-92H,9,15-16,21-32,34-35,72-76H2,1-8H3,(H,78,107)(H,79,98)(H,80,101)(H,81,97)(H,82,103)(H,83,105)(H,84,99)(H,85,104)(H,86,96)(H,87,102)(H,88,95)(H,89,100)(H,90,106)(H,93,94)(H,108,109)/t38-,39-,40-,45-,46-,47-,48+,49+,50-,51+,52-,53+,55+,56-,57+/m0/s1. The SMILES string of the molecule is CC[C@H](C)[C@@H](NC(=O)[C@@H](NC(=O)[C@H](CCC(=O)O)NC(=O)[C@H](Cc1ccccc1)NC(=O)[C@@H](CCN)NC(=O)[C@H](CCN)NC(=O)[C@H](CO)NC(=O)[C@@H](Cc1c[nH]c2ccccc12)NC(=O)[C@@H](CO)NC(=O)[C@H](CCCCN)NC(=O)[C@@H](CCN)NC(=O)[C@H](NC(=O)[C@H](C)N)C(C)C)C(C)C)C(=O)N[C@@H](C)C(=O)O. The van der Waals surface area contributed by atoms with Crippen molar-refractivity contribution in [3.8, 4) is 0 Å². The van der Waals surface area contributed by atoms with Crippen LogP contribution in [0.2, 0.25) is 0 Å². The smallest absolute Gasteiger partial charge is 0.325 e. The zero-order chi connectivity index (χ0) is 81.8. The molecule has 0 saturated carbocycles. The number of nitrogens with one attached hydrogen (secondary N) is 14. The van der Waals surface area contributed by atoms with Gasteiger partial charge in [-0.3, -0.25) is 71.9 Å². The average molecular weight is 1540 g/mol. The number of aliphatic hydroxyl groups is 2. The first kappa shape index (κ1) is 93.0. The van der Waals surface area contributed by atoms with Crippen LogP contribution in [0.4, 0.5) is 0 Å². The number of aromatic amines is 1. The highest BCUT2D eigenvalue weighted by Crippen LogP contribution is 2.20. The number of carbonyl (C=O) groups is 15. The van der Waals surface area contributed by atoms with E-state index in [2.05, 4.69) is 74.1 Å². The van der Waals surface area contributed by atoms with Gasteiger partial charge in [0.2, 0.25) is 76.8 Å². The summed E-state index contributed by atoms with van der Waals surface area (Å²) in [5.74, 6) is -16.9. The molecule has 0 aliphatic rings. The molecule has 0 aliphatic heterocycles. The third-order valence-corrected chi connectivity index (χ3v) is 17.8. The largest absolute Gasteiger partial charge is 0.481 e. The Kier molecular flexibility index (Phi) is 40.5. The quantitative estimate of drug-likeness (QED) is 0.0234. The number of carboxylic acid groups (broad SMARTS) is 2. The lowest BCUT2D eigenvalue weighted by Gasteiger charge is -2.30. The van der Waals surface area contributed by atoms with Gasteiger partial charge in [-0.1, -0.05) is 96.5 Å². The number of unbranched alkanes of at least 4 members (excludes halogenated alkanes) is 1. The monoisotopic (exact) mass is 1540 g/mol. The van der Waals surface area contributed by atoms with Gasteiger partial charge in [-0.25, -0.2) is 0 Å². The third kappa shape index (κ3) is 30.7. The summed E-state index contributed by atoms with van der Waals surface area (Å²) in [6.45, 7) is 9.78. The molecule has 0 spiro atoms. The number of benzene rings is 2. The predicted molar refractivity (Wildman–Crippen MR) is 398 cm³/mol. The number of fused-ring (bicyclic) bond motifs is 1. The number of hydrogen-bond donors (Lipinski definition) is 23. The van der Waals surface area contributed by atoms with Crippen LogP contribution in [-0.4, -0.2) is 238 Å². The number of rotatable bonds is 50. The lowest BCUT2D eigenvalue weighted by molar-refractivity contribution is -0.142. The molecule has 0 aliphatic carbocycles. The van der Waals surface area contributed by atoms with E-state index in [1.54, 1.807) is 102 Å². The molecule has 38 nitrogen and oxygen atoms in total. The van der Waals surface area contributed by atoms with Crippen molar-refractivity contribution in [1.29, 1.82) is 0 Å². The van der Waals surface area contributed by atoms with Gasteiger partial charge in [-0.15, -0.1) is 0 Å². The van der Waals surface area contributed by atoms with Crippen LogP contribution in [-0.2, 0) is 84.8 Å². The lowest BCUT2D eigenvalue weighted by Crippen LogP contribution is -2.62. The third-order valence-electron chi connectivity index (χ3n) is 17.8. The van der Waals surface area contributed by atoms with Crippen molar-refractivity contribution in [3.63, 3.8) is 0 Å². The molecule has 15 atom stereocenters. The highest BCUT2D eigenvalue weighted by molar-refractivity contribution is 6.01. The Balaban J connectivity index is 1.93. The molecule has 38 heteroatoms. The van der Waals surface area contributed by atoms with E-state index in [9.17, 15) is 92.3 Å². The van der Waals surface area contributed by atoms with Crippen LogP contribution in [0.1, 0.15) is 124 Å². The van der Waals surface area contributed by atoms with Crippen LogP contribution in [0.5, 0.6) is 0 Å². The highest BCUT2D eigenvalue weighted by atomic mass is 16.4. The summed E-state index contributed by atoms with van der Waals surface area (Å²) in [6.07, 6.45) is -0.102. The predicted octanol–water partition coefficient (Wildman–Crippen LogP) is -5.91. The van der Waals surface area contributed by atoms with Gasteiger partial charge < -0.3 is 123 Å². The zero-order valence-electron chi connectivity index (χ0n) is 62.9. The highest BCUT2D eigenvalue weighted by Gasteiger charge is 2.39. The van der Waals surface area contributed by atoms with Crippen LogP contribution in [0, 0.1) is 17.8 Å². The van der Waals surface area contributed by atoms with E-state index in [1.165, 1.54) is 13.8 Å². The molecular weight excluding hydrogens is 1420 g/mol. The van der Waals surface area contributed by atoms with Gasteiger partial charge in [0.1, 0.15) is 78.5 Å². The molecule has 1 heterocycles. The molecular formula is C71H113N19O19. The number of H-pyrrole nitrogens is 1. The summed E-state index contributed by atoms with van der Waals surface area (Å²) >= 11 is 0. The van der Waals surface area contributed by atoms with E-state index >= 15 is 0 Å². The Morgan fingerprint density at radius 3 is 1.19 bits per heavy atom. The first-order chi connectivity index (χ1) is 51.6. The van der Waals surface area contributed by atoms with Crippen molar-refractivity contribution in [1.82, 2.24) is 74.1 Å². The maximum absolute atomic E-state index is 14.6. The van der Waals surface area contributed by atoms with E-state index in [4.69, 9.17) is 28.7 Å². The molecule has 1 aromatic heterocycles. The van der Waals surface area contributed by atoms with Gasteiger partial charge in [-0.2, -0.15) is 0 Å². The zero-order valence-corrected chi connectivity index (χ0v) is 62.9. The first-order valence-corrected chi connectivity index (χ1v) is 36.4. The van der Waals surface area contributed by atoms with Gasteiger partial charge in [0.15, 0.2) is 0 Å². The van der Waals surface area contributed by atoms with Crippen LogP contribution < -0.4 is 97.8 Å². The van der Waals surface area contributed by atoms with Gasteiger partial charge in [0.25, 0.3) is 0 Å². The molecule has 28 N–H and O–H groups in total. The number of hydrogen-bond acceptors (Lipinski definition) is 22. The fraction of sp³-hybridized carbons (Fsp3) is 0.592. The fourth-order valence-corrected chi connectivity index (χ4v) is 11.1. The fourth-order valence-electron chi connectivity index (χ4n) is 11.1. The maximum atomic E-state index is 14.6. The second-order valence-corrected chi connectivity index (χ2v) is 27.3. The summed E-state index contributed by atoms with van der Waals surface area (Å²) in [7, 11) is 0. The minimum Gasteiger partial charge on any atom is -0.481 e. The van der Waals surface area contributed by atoms with Crippen molar-refractivity contribution in [3.05, 3.63) is 71.9 Å². The van der Waals surface area contributed by atoms with Crippen LogP contribution >= 0.6 is 0 Å². The number of nitrogens with two attached hydrogens (primary N) is 5. The van der Waals surface area contributed by atoms with Crippen LogP contribution in [0.15, 0.2) is 60.8 Å². The van der Waals surface area contributed by atoms with Gasteiger partial charge in [-0.05, 0) is 120 Å². The van der Waals surface area contributed by atoms with Crippen molar-refractivity contribution in [2.45, 2.75) is 211 Å². The number of aliphatic hydroxyl groups excluding tert-OH is 2. The van der Waals surface area contributed by atoms with E-state index in [0.29, 0.717) is 34.9 Å². The molecule has 2 aromatic carbocycles. The number of aromatic nitrogens is 1. The number of amides is 13. The van der Waals surface area contributed by atoms with Crippen molar-refractivity contribution in [2.24, 2.45) is 46.4 Å². The summed E-state index contributed by atoms with van der Waals surface area (Å²) < 4.78 is 0. The Morgan fingerprint density at radius 2 is 0.761 bits per heavy atom. The lowest BCUT2D eigenvalue weighted by atomic mass is 9.96. The van der Waals surface area contributed by atoms with E-state index in [1.807, 2.05) is 0 Å². The van der Waals surface area contributed by atoms with Crippen molar-refractivity contribution in [2.75, 3.05) is 39.4 Å². The normalized spacial score (nSPS) is 15.4. The molecule has 13 amide bonds. The number of para-hydroxylation sites is 1. The Morgan fingerprint density at radius 1 is 0.394 bits per heavy atom. The summed E-state index contributed by atoms with van der Waals surface area (Å²) in [4.78, 5) is 209. The summed E-state index contributed by atoms with van der Waals surface area (Å²) in [5, 5.41) is 73.5. The van der Waals surface area contributed by atoms with Crippen molar-refractivity contribution >= 4 is 99.6 Å². The molecule has 0 radical (unpaired) electrons. The minimum atomic E-state index is -1.89.